The number of carbonyl (C=O) groups is 1. The molecule has 0 spiro atoms. The Labute approximate surface area is 104 Å². The van der Waals surface area contributed by atoms with Gasteiger partial charge in [0, 0.05) is 5.56 Å². The van der Waals surface area contributed by atoms with Gasteiger partial charge >= 0.3 is 5.97 Å². The summed E-state index contributed by atoms with van der Waals surface area (Å²) in [6.07, 6.45) is 1.55. The first-order chi connectivity index (χ1) is 8.69. The number of rotatable bonds is 5. The monoisotopic (exact) mass is 247 g/mol. The third-order valence-corrected chi connectivity index (χ3v) is 2.42. The predicted molar refractivity (Wildman–Crippen MR) is 64.3 cm³/mol. The van der Waals surface area contributed by atoms with Gasteiger partial charge in [-0.2, -0.15) is 5.10 Å². The lowest BCUT2D eigenvalue weighted by molar-refractivity contribution is -0.137. The summed E-state index contributed by atoms with van der Waals surface area (Å²) in [6.45, 7) is 0.312. The number of carboxylic acids is 1. The minimum atomic E-state index is -0.853. The molecule has 1 N–H and O–H groups in total. The normalized spacial score (nSPS) is 10.3. The molecule has 2 rings (SSSR count). The van der Waals surface area contributed by atoms with Crippen LogP contribution in [0, 0.1) is 0 Å². The number of methoxy groups -OCH3 is 1. The van der Waals surface area contributed by atoms with Crippen molar-refractivity contribution in [1.29, 1.82) is 0 Å². The predicted octanol–water partition coefficient (Wildman–Crippen LogP) is 1.43. The molecule has 0 fully saturated rings. The van der Waals surface area contributed by atoms with Crippen molar-refractivity contribution >= 4 is 5.97 Å². The Bertz CT molecular complexity index is 551. The highest BCUT2D eigenvalue weighted by molar-refractivity contribution is 5.66. The highest BCUT2D eigenvalue weighted by atomic mass is 16.5. The smallest absolute Gasteiger partial charge is 0.305 e. The fraction of sp³-hybridized carbons (Fsp3) is 0.250. The fourth-order valence-electron chi connectivity index (χ4n) is 1.51. The maximum atomic E-state index is 10.5. The molecule has 6 nitrogen and oxygen atoms in total. The van der Waals surface area contributed by atoms with Crippen LogP contribution in [0.4, 0.5) is 0 Å². The van der Waals surface area contributed by atoms with E-state index in [1.807, 2.05) is 24.3 Å². The van der Waals surface area contributed by atoms with E-state index in [1.165, 1.54) is 11.0 Å². The summed E-state index contributed by atoms with van der Waals surface area (Å²) in [5.41, 5.74) is 0.837. The summed E-state index contributed by atoms with van der Waals surface area (Å²) in [7, 11) is 1.60. The molecule has 0 unspecified atom stereocenters. The van der Waals surface area contributed by atoms with Gasteiger partial charge < -0.3 is 9.84 Å². The van der Waals surface area contributed by atoms with Crippen molar-refractivity contribution in [3.63, 3.8) is 0 Å². The van der Waals surface area contributed by atoms with Crippen LogP contribution in [0.2, 0.25) is 0 Å². The first kappa shape index (κ1) is 12.1. The maximum Gasteiger partial charge on any atom is 0.305 e. The van der Waals surface area contributed by atoms with Crippen molar-refractivity contribution in [2.45, 2.75) is 13.0 Å². The Hall–Kier alpha value is -2.37. The third-order valence-electron chi connectivity index (χ3n) is 2.42. The van der Waals surface area contributed by atoms with E-state index in [4.69, 9.17) is 9.84 Å². The lowest BCUT2D eigenvalue weighted by Gasteiger charge is -2.00. The average Bonchev–Trinajstić information content (AvgIpc) is 2.85. The number of aliphatic carboxylic acids is 1. The lowest BCUT2D eigenvalue weighted by atomic mass is 10.2. The Kier molecular flexibility index (Phi) is 3.57. The van der Waals surface area contributed by atoms with E-state index >= 15 is 0 Å². The molecule has 6 heteroatoms. The second-order valence-electron chi connectivity index (χ2n) is 3.71. The van der Waals surface area contributed by atoms with E-state index in [1.54, 1.807) is 7.11 Å². The maximum absolute atomic E-state index is 10.5. The summed E-state index contributed by atoms with van der Waals surface area (Å²) in [5, 5.41) is 12.8. The molecule has 0 saturated carbocycles. The van der Waals surface area contributed by atoms with Crippen molar-refractivity contribution in [2.75, 3.05) is 7.11 Å². The Balaban J connectivity index is 2.15. The molecule has 94 valence electrons. The highest BCUT2D eigenvalue weighted by Crippen LogP contribution is 2.20. The van der Waals surface area contributed by atoms with Crippen LogP contribution in [0.15, 0.2) is 30.6 Å². The number of aryl methyl sites for hydroxylation is 1. The molecule has 2 aromatic rings. The van der Waals surface area contributed by atoms with Crippen molar-refractivity contribution in [3.8, 4) is 17.1 Å². The van der Waals surface area contributed by atoms with E-state index in [-0.39, 0.29) is 6.42 Å². The van der Waals surface area contributed by atoms with Crippen LogP contribution >= 0.6 is 0 Å². The van der Waals surface area contributed by atoms with E-state index in [9.17, 15) is 4.79 Å². The zero-order valence-electron chi connectivity index (χ0n) is 9.91. The largest absolute Gasteiger partial charge is 0.497 e. The highest BCUT2D eigenvalue weighted by Gasteiger charge is 2.06. The summed E-state index contributed by atoms with van der Waals surface area (Å²) in [6, 6.07) is 7.40. The van der Waals surface area contributed by atoms with E-state index in [0.29, 0.717) is 12.4 Å². The first-order valence-corrected chi connectivity index (χ1v) is 5.44. The van der Waals surface area contributed by atoms with Crippen LogP contribution in [0.5, 0.6) is 5.75 Å². The van der Waals surface area contributed by atoms with Crippen LogP contribution in [-0.2, 0) is 11.3 Å². The van der Waals surface area contributed by atoms with Crippen LogP contribution < -0.4 is 4.74 Å². The summed E-state index contributed by atoms with van der Waals surface area (Å²) < 4.78 is 6.64. The van der Waals surface area contributed by atoms with Gasteiger partial charge in [0.15, 0.2) is 5.82 Å². The molecule has 0 amide bonds. The fourth-order valence-corrected chi connectivity index (χ4v) is 1.51. The number of nitrogens with zero attached hydrogens (tertiary/aromatic N) is 3. The van der Waals surface area contributed by atoms with E-state index < -0.39 is 5.97 Å². The van der Waals surface area contributed by atoms with Crippen molar-refractivity contribution < 1.29 is 14.6 Å². The molecular formula is C12H13N3O3. The van der Waals surface area contributed by atoms with E-state index in [2.05, 4.69) is 10.1 Å². The van der Waals surface area contributed by atoms with Crippen LogP contribution in [0.3, 0.4) is 0 Å². The van der Waals surface area contributed by atoms with Crippen molar-refractivity contribution in [2.24, 2.45) is 0 Å². The zero-order chi connectivity index (χ0) is 13.0. The molecule has 0 aliphatic carbocycles. The Morgan fingerprint density at radius 2 is 2.33 bits per heavy atom. The molecule has 0 aliphatic heterocycles. The minimum Gasteiger partial charge on any atom is -0.497 e. The molecule has 0 atom stereocenters. The molecule has 18 heavy (non-hydrogen) atoms. The molecular weight excluding hydrogens is 234 g/mol. The van der Waals surface area contributed by atoms with Gasteiger partial charge in [-0.05, 0) is 12.1 Å². The SMILES string of the molecule is COc1cccc(-c2ncn(CCC(=O)O)n2)c1. The number of ether oxygens (including phenoxy) is 1. The summed E-state index contributed by atoms with van der Waals surface area (Å²) in [5.74, 6) is 0.433. The molecule has 0 bridgehead atoms. The van der Waals surface area contributed by atoms with Gasteiger partial charge in [0.25, 0.3) is 0 Å². The minimum absolute atomic E-state index is 0.0287. The molecule has 0 radical (unpaired) electrons. The molecule has 0 saturated heterocycles. The standard InChI is InChI=1S/C12H13N3O3/c1-18-10-4-2-3-9(7-10)12-13-8-15(14-12)6-5-11(16)17/h2-4,7-8H,5-6H2,1H3,(H,16,17). The number of aromatic nitrogens is 3. The molecule has 0 aliphatic rings. The number of benzene rings is 1. The van der Waals surface area contributed by atoms with Gasteiger partial charge in [-0.15, -0.1) is 0 Å². The van der Waals surface area contributed by atoms with Gasteiger partial charge in [-0.3, -0.25) is 9.48 Å². The Morgan fingerprint density at radius 3 is 3.06 bits per heavy atom. The quantitative estimate of drug-likeness (QED) is 0.864. The summed E-state index contributed by atoms with van der Waals surface area (Å²) in [4.78, 5) is 14.6. The molecule has 1 aromatic heterocycles. The lowest BCUT2D eigenvalue weighted by Crippen LogP contribution is -2.04. The van der Waals surface area contributed by atoms with Crippen molar-refractivity contribution in [3.05, 3.63) is 30.6 Å². The van der Waals surface area contributed by atoms with Crippen molar-refractivity contribution in [1.82, 2.24) is 14.8 Å². The average molecular weight is 247 g/mol. The number of carboxylic acid groups (broad SMARTS) is 1. The van der Waals surface area contributed by atoms with Gasteiger partial charge in [0.05, 0.1) is 20.1 Å². The van der Waals surface area contributed by atoms with Crippen LogP contribution in [0.1, 0.15) is 6.42 Å². The second kappa shape index (κ2) is 5.31. The van der Waals surface area contributed by atoms with Gasteiger partial charge in [-0.1, -0.05) is 12.1 Å². The van der Waals surface area contributed by atoms with Gasteiger partial charge in [-0.25, -0.2) is 4.98 Å². The van der Waals surface area contributed by atoms with Crippen LogP contribution in [-0.4, -0.2) is 33.0 Å². The molecule has 1 aromatic carbocycles. The topological polar surface area (TPSA) is 77.2 Å². The third kappa shape index (κ3) is 2.85. The second-order valence-corrected chi connectivity index (χ2v) is 3.71. The first-order valence-electron chi connectivity index (χ1n) is 5.44. The van der Waals surface area contributed by atoms with E-state index in [0.717, 1.165) is 11.3 Å². The Morgan fingerprint density at radius 1 is 1.50 bits per heavy atom. The number of hydrogen-bond donors (Lipinski definition) is 1. The van der Waals surface area contributed by atoms with Gasteiger partial charge in [0.1, 0.15) is 12.1 Å². The zero-order valence-corrected chi connectivity index (χ0v) is 9.91. The molecule has 1 heterocycles. The van der Waals surface area contributed by atoms with Gasteiger partial charge in [0.2, 0.25) is 0 Å². The summed E-state index contributed by atoms with van der Waals surface area (Å²) >= 11 is 0. The van der Waals surface area contributed by atoms with Crippen LogP contribution in [0.25, 0.3) is 11.4 Å². The number of hydrogen-bond acceptors (Lipinski definition) is 4.